The van der Waals surface area contributed by atoms with Gasteiger partial charge in [-0.15, -0.1) is 0 Å². The average Bonchev–Trinajstić information content (AvgIpc) is 0.783. The quantitative estimate of drug-likeness (QED) is 0.0532. The van der Waals surface area contributed by atoms with Gasteiger partial charge in [0.05, 0.1) is 0 Å². The molecule has 3 nitrogen and oxygen atoms in total. The predicted molar refractivity (Wildman–Crippen MR) is 508 cm³/mol. The zero-order valence-electron chi connectivity index (χ0n) is 66.3. The van der Waals surface area contributed by atoms with Crippen molar-refractivity contribution < 1.29 is 85.6 Å². The first-order chi connectivity index (χ1) is 55.3. The van der Waals surface area contributed by atoms with E-state index in [0.717, 1.165) is 55.8 Å². The van der Waals surface area contributed by atoms with Gasteiger partial charge in [0.1, 0.15) is 0 Å². The second kappa shape index (κ2) is 45.5. The molecule has 0 saturated heterocycles. The van der Waals surface area contributed by atoms with Crippen LogP contribution in [-0.4, -0.2) is 0 Å². The minimum absolute atomic E-state index is 0. The minimum atomic E-state index is 0. The zero-order valence-corrected chi connectivity index (χ0v) is 83.9. The Kier molecular flexibility index (Phi) is 36.1. The number of aromatic nitrogens is 3. The number of rotatable bonds is 20. The second-order valence-corrected chi connectivity index (χ2v) is 36.5. The Bertz CT molecular complexity index is 5620. The molecule has 0 aliphatic heterocycles. The lowest BCUT2D eigenvalue weighted by molar-refractivity contribution is -0.717. The van der Waals surface area contributed by atoms with Gasteiger partial charge in [-0.05, 0) is 237 Å². The first kappa shape index (κ1) is 92.9. The van der Waals surface area contributed by atoms with Gasteiger partial charge in [0.25, 0.3) is 0 Å². The molecule has 117 heavy (non-hydrogen) atoms. The molecule has 1 saturated carbocycles. The summed E-state index contributed by atoms with van der Waals surface area (Å²) in [4.78, 5) is 0. The van der Waals surface area contributed by atoms with Gasteiger partial charge in [-0.25, -0.2) is 0 Å². The summed E-state index contributed by atoms with van der Waals surface area (Å²) in [6.07, 6.45) is 19.9. The van der Waals surface area contributed by atoms with Crippen LogP contribution >= 0.6 is 112 Å². The van der Waals surface area contributed by atoms with Crippen LogP contribution in [0, 0.1) is 0 Å². The molecule has 3 heterocycles. The highest BCUT2D eigenvalue weighted by Gasteiger charge is 2.31. The van der Waals surface area contributed by atoms with E-state index in [1.807, 2.05) is 0 Å². The first-order valence-electron chi connectivity index (χ1n) is 39.2. The molecule has 13 heteroatoms. The molecule has 14 aromatic rings. The van der Waals surface area contributed by atoms with Gasteiger partial charge in [0.15, 0.2) is 19.1 Å². The third-order valence-corrected chi connectivity index (χ3v) is 24.7. The molecule has 1 aliphatic carbocycles. The summed E-state index contributed by atoms with van der Waals surface area (Å²) in [5, 5.41) is 0. The molecule has 0 bridgehead atoms. The van der Waals surface area contributed by atoms with E-state index in [0.29, 0.717) is 23.8 Å². The SMILES string of the molecule is CC(C)c1ccc(/C=C/c2cc(-c3ccc(Br)cc3)cc(-c3ccc(Br)cc3)[n+]2C2CCCCC2)cc1.CC(C)c1ccc(/C=C/c2cc(-c3ccc(Br)cc3)cc(-c3ccc(Br)cc3)[n+]2Cc2ccc(Br)cc2)cc1.CC(C)c1ccc(/C=C/c2cc(-c3ccc(Br)cc3)cc(-c3ccc(Br)cc3)[n+]2Cc2ccccc2)cc1.[I-].[I-].[I-]. The van der Waals surface area contributed by atoms with Gasteiger partial charge in [-0.2, -0.15) is 13.7 Å². The molecule has 594 valence electrons. The van der Waals surface area contributed by atoms with E-state index in [4.69, 9.17) is 0 Å². The highest BCUT2D eigenvalue weighted by atomic mass is 127. The molecule has 0 N–H and O–H groups in total. The van der Waals surface area contributed by atoms with E-state index >= 15 is 0 Å². The van der Waals surface area contributed by atoms with E-state index in [-0.39, 0.29) is 71.9 Å². The van der Waals surface area contributed by atoms with Crippen LogP contribution in [0.3, 0.4) is 0 Å². The summed E-state index contributed by atoms with van der Waals surface area (Å²) in [5.41, 5.74) is 28.2. The summed E-state index contributed by atoms with van der Waals surface area (Å²) in [7, 11) is 0. The van der Waals surface area contributed by atoms with E-state index in [9.17, 15) is 0 Å². The standard InChI is InChI=1S/C35H29Br3N.C35H30Br2N.C34H34Br2N.3HI/c1-24(2)27-8-3-25(4-9-27)7-20-34-21-30(28-10-16-32(37)17-11-28)22-35(29-12-18-33(38)19-13-29)39(34)23-26-5-14-31(36)15-6-26;1-25(2)28-11-8-26(9-12-28)10-21-34-22-31(29-13-17-32(36)18-14-29)23-35(30-15-19-33(37)20-16-30)38(34)24-27-6-4-3-5-7-27;1-24(2)26-11-8-25(9-12-26)10-21-33-22-29(27-13-17-30(35)18-14-27)23-34(28-15-19-31(36)20-16-28)37(33)32-6-4-3-5-7-32;;;/h3-22,24H,23H2,1-2H3;3-23,25H,24H2,1-2H3;8-24,32H,3-7H2,1-2H3;3*1H/q3*+1;;;/p-3/b20-7+;2*21-10+;;;. The van der Waals surface area contributed by atoms with Gasteiger partial charge in [0.2, 0.25) is 34.2 Å². The highest BCUT2D eigenvalue weighted by molar-refractivity contribution is 9.11. The molecule has 0 unspecified atom stereocenters. The van der Waals surface area contributed by atoms with E-state index in [1.165, 1.54) is 149 Å². The van der Waals surface area contributed by atoms with Crippen molar-refractivity contribution in [2.75, 3.05) is 0 Å². The Labute approximate surface area is 803 Å². The monoisotopic (exact) mass is 2320 g/mol. The summed E-state index contributed by atoms with van der Waals surface area (Å²) < 4.78 is 15.0. The zero-order chi connectivity index (χ0) is 79.6. The van der Waals surface area contributed by atoms with Crippen molar-refractivity contribution in [2.45, 2.75) is 111 Å². The maximum absolute atomic E-state index is 3.63. The Balaban J connectivity index is 0.000000183. The first-order valence-corrected chi connectivity index (χ1v) is 44.8. The van der Waals surface area contributed by atoms with Crippen LogP contribution < -0.4 is 85.6 Å². The fraction of sp³-hybridized carbons (Fsp3) is 0.163. The number of hydrogen-bond acceptors (Lipinski definition) is 0. The maximum Gasteiger partial charge on any atom is 0.213 e. The number of benzene rings is 11. The molecule has 1 fully saturated rings. The third-order valence-electron chi connectivity index (χ3n) is 21.0. The molecular weight excluding hydrogens is 2230 g/mol. The van der Waals surface area contributed by atoms with Crippen molar-refractivity contribution in [3.05, 3.63) is 402 Å². The molecular formula is C104H93Br7I3N3. The second-order valence-electron chi connectivity index (χ2n) is 30.1. The van der Waals surface area contributed by atoms with Crippen molar-refractivity contribution in [2.24, 2.45) is 0 Å². The van der Waals surface area contributed by atoms with E-state index in [1.54, 1.807) is 0 Å². The van der Waals surface area contributed by atoms with Crippen LogP contribution in [0.5, 0.6) is 0 Å². The van der Waals surface area contributed by atoms with Crippen LogP contribution in [0.25, 0.3) is 104 Å². The van der Waals surface area contributed by atoms with Crippen molar-refractivity contribution in [3.63, 3.8) is 0 Å². The lowest BCUT2D eigenvalue weighted by Crippen LogP contribution is -3.00. The Hall–Kier alpha value is -6.36. The Morgan fingerprint density at radius 3 is 0.846 bits per heavy atom. The van der Waals surface area contributed by atoms with Crippen LogP contribution in [0.1, 0.15) is 159 Å². The summed E-state index contributed by atoms with van der Waals surface area (Å²) in [5.74, 6) is 1.59. The molecule has 0 atom stereocenters. The molecule has 3 aromatic heterocycles. The summed E-state index contributed by atoms with van der Waals surface area (Å²) >= 11 is 25.2. The normalized spacial score (nSPS) is 12.1. The molecule has 0 spiro atoms. The summed E-state index contributed by atoms with van der Waals surface area (Å²) in [6, 6.07) is 112. The number of nitrogens with zero attached hydrogens (tertiary/aromatic N) is 3. The lowest BCUT2D eigenvalue weighted by atomic mass is 9.92. The smallest absolute Gasteiger partial charge is 0.213 e. The van der Waals surface area contributed by atoms with Crippen LogP contribution in [0.2, 0.25) is 0 Å². The van der Waals surface area contributed by atoms with Gasteiger partial charge < -0.3 is 71.9 Å². The lowest BCUT2D eigenvalue weighted by Gasteiger charge is -2.22. The van der Waals surface area contributed by atoms with Crippen molar-refractivity contribution in [3.8, 4) is 67.2 Å². The minimum Gasteiger partial charge on any atom is -1.00 e. The highest BCUT2D eigenvalue weighted by Crippen LogP contribution is 2.36. The molecule has 1 aliphatic rings. The van der Waals surface area contributed by atoms with Gasteiger partial charge in [-0.1, -0.05) is 311 Å². The van der Waals surface area contributed by atoms with Gasteiger partial charge >= 0.3 is 0 Å². The number of pyridine rings is 3. The fourth-order valence-corrected chi connectivity index (χ4v) is 16.3. The van der Waals surface area contributed by atoms with Gasteiger partial charge in [-0.3, -0.25) is 0 Å². The van der Waals surface area contributed by atoms with Crippen LogP contribution in [0.4, 0.5) is 0 Å². The van der Waals surface area contributed by atoms with Gasteiger partial charge in [0, 0.05) is 127 Å². The summed E-state index contributed by atoms with van der Waals surface area (Å²) in [6.45, 7) is 14.9. The Morgan fingerprint density at radius 1 is 0.265 bits per heavy atom. The van der Waals surface area contributed by atoms with Crippen LogP contribution in [-0.2, 0) is 13.1 Å². The average molecular weight is 2320 g/mol. The fourth-order valence-electron chi connectivity index (χ4n) is 14.5. The largest absolute Gasteiger partial charge is 1.00 e. The number of halogens is 10. The predicted octanol–water partition coefficient (Wildman–Crippen LogP) is 22.8. The molecule has 0 amide bonds. The molecule has 0 radical (unpaired) electrons. The molecule has 15 rings (SSSR count). The van der Waals surface area contributed by atoms with E-state index < -0.39 is 0 Å². The van der Waals surface area contributed by atoms with Crippen LogP contribution in [0.15, 0.2) is 341 Å². The van der Waals surface area contributed by atoms with E-state index in [2.05, 4.69) is 513 Å². The topological polar surface area (TPSA) is 11.6 Å². The number of hydrogen-bond donors (Lipinski definition) is 0. The van der Waals surface area contributed by atoms with Crippen molar-refractivity contribution in [1.82, 2.24) is 0 Å². The molecule has 11 aromatic carbocycles. The van der Waals surface area contributed by atoms with Crippen molar-refractivity contribution in [1.29, 1.82) is 0 Å². The Morgan fingerprint density at radius 2 is 0.530 bits per heavy atom. The third kappa shape index (κ3) is 26.1. The maximum atomic E-state index is 3.63. The van der Waals surface area contributed by atoms with Crippen molar-refractivity contribution >= 4 is 148 Å².